The van der Waals surface area contributed by atoms with Gasteiger partial charge in [0.15, 0.2) is 0 Å². The molecule has 3 aromatic carbocycles. The van der Waals surface area contributed by atoms with Gasteiger partial charge in [-0.05, 0) is 73.7 Å². The van der Waals surface area contributed by atoms with Crippen LogP contribution in [0.3, 0.4) is 0 Å². The molecule has 1 atom stereocenters. The molecule has 7 nitrogen and oxygen atoms in total. The largest absolute Gasteiger partial charge is 0.354 e. The molecule has 11 heteroatoms. The minimum atomic E-state index is -4.21. The standard InChI is InChI=1S/C31H36Cl3N3O4S/c1-6-28(31(39)35-17-20(2)3)36(18-23-12-15-26(33)27(34)16-23)30(38)19-37(29-9-7-8-25(32)22(29)5)42(40,41)24-13-10-21(4)11-14-24/h7-16,20,28H,6,17-19H2,1-5H3,(H,35,39)/t28-/m0/s1. The quantitative estimate of drug-likeness (QED) is 0.227. The fraction of sp³-hybridized carbons (Fsp3) is 0.355. The number of benzene rings is 3. The van der Waals surface area contributed by atoms with E-state index in [2.05, 4.69) is 5.32 Å². The third kappa shape index (κ3) is 8.19. The van der Waals surface area contributed by atoms with Crippen LogP contribution in [-0.2, 0) is 26.2 Å². The second-order valence-corrected chi connectivity index (χ2v) is 13.6. The Hall–Kier alpha value is -2.78. The molecular formula is C31H36Cl3N3O4S. The van der Waals surface area contributed by atoms with E-state index in [9.17, 15) is 18.0 Å². The summed E-state index contributed by atoms with van der Waals surface area (Å²) in [6.45, 7) is 9.18. The first kappa shape index (κ1) is 33.7. The first-order valence-electron chi connectivity index (χ1n) is 13.6. The summed E-state index contributed by atoms with van der Waals surface area (Å²) in [5.74, 6) is -0.694. The second-order valence-electron chi connectivity index (χ2n) is 10.5. The Labute approximate surface area is 263 Å². The number of aryl methyl sites for hydroxylation is 1. The van der Waals surface area contributed by atoms with Crippen LogP contribution in [0, 0.1) is 19.8 Å². The molecule has 3 rings (SSSR count). The number of sulfonamides is 1. The number of amides is 2. The minimum absolute atomic E-state index is 0.0102. The van der Waals surface area contributed by atoms with E-state index in [1.807, 2.05) is 20.8 Å². The number of anilines is 1. The van der Waals surface area contributed by atoms with E-state index in [1.165, 1.54) is 17.0 Å². The van der Waals surface area contributed by atoms with Gasteiger partial charge in [0.25, 0.3) is 10.0 Å². The average molecular weight is 653 g/mol. The van der Waals surface area contributed by atoms with Gasteiger partial charge in [0.2, 0.25) is 11.8 Å². The van der Waals surface area contributed by atoms with Crippen molar-refractivity contribution in [2.75, 3.05) is 17.4 Å². The van der Waals surface area contributed by atoms with Gasteiger partial charge in [-0.15, -0.1) is 0 Å². The molecule has 0 heterocycles. The predicted octanol–water partition coefficient (Wildman–Crippen LogP) is 7.04. The first-order chi connectivity index (χ1) is 19.8. The van der Waals surface area contributed by atoms with Gasteiger partial charge in [0.1, 0.15) is 12.6 Å². The van der Waals surface area contributed by atoms with Gasteiger partial charge in [-0.25, -0.2) is 8.42 Å². The number of hydrogen-bond acceptors (Lipinski definition) is 4. The molecule has 2 amide bonds. The van der Waals surface area contributed by atoms with E-state index >= 15 is 0 Å². The molecule has 0 bridgehead atoms. The zero-order chi connectivity index (χ0) is 31.2. The molecular weight excluding hydrogens is 617 g/mol. The highest BCUT2D eigenvalue weighted by Crippen LogP contribution is 2.32. The smallest absolute Gasteiger partial charge is 0.264 e. The molecule has 0 aliphatic carbocycles. The molecule has 0 saturated carbocycles. The normalized spacial score (nSPS) is 12.2. The number of hydrogen-bond donors (Lipinski definition) is 1. The number of halogens is 3. The van der Waals surface area contributed by atoms with Crippen molar-refractivity contribution in [1.29, 1.82) is 0 Å². The van der Waals surface area contributed by atoms with Crippen molar-refractivity contribution in [3.63, 3.8) is 0 Å². The fourth-order valence-electron chi connectivity index (χ4n) is 4.39. The van der Waals surface area contributed by atoms with Crippen LogP contribution in [0.4, 0.5) is 5.69 Å². The van der Waals surface area contributed by atoms with E-state index in [0.717, 1.165) is 9.87 Å². The van der Waals surface area contributed by atoms with Crippen LogP contribution in [0.15, 0.2) is 65.6 Å². The van der Waals surface area contributed by atoms with Crippen molar-refractivity contribution < 1.29 is 18.0 Å². The van der Waals surface area contributed by atoms with E-state index in [0.29, 0.717) is 39.2 Å². The monoisotopic (exact) mass is 651 g/mol. The van der Waals surface area contributed by atoms with Crippen LogP contribution in [0.1, 0.15) is 43.9 Å². The Kier molecular flexibility index (Phi) is 11.7. The molecule has 0 unspecified atom stereocenters. The van der Waals surface area contributed by atoms with Gasteiger partial charge < -0.3 is 10.2 Å². The van der Waals surface area contributed by atoms with Crippen LogP contribution in [-0.4, -0.2) is 44.3 Å². The van der Waals surface area contributed by atoms with Gasteiger partial charge >= 0.3 is 0 Å². The lowest BCUT2D eigenvalue weighted by Crippen LogP contribution is -2.52. The summed E-state index contributed by atoms with van der Waals surface area (Å²) in [7, 11) is -4.21. The van der Waals surface area contributed by atoms with E-state index < -0.39 is 28.5 Å². The summed E-state index contributed by atoms with van der Waals surface area (Å²) < 4.78 is 29.2. The molecule has 0 spiro atoms. The van der Waals surface area contributed by atoms with Crippen LogP contribution in [0.5, 0.6) is 0 Å². The summed E-state index contributed by atoms with van der Waals surface area (Å²) in [4.78, 5) is 29.0. The lowest BCUT2D eigenvalue weighted by Gasteiger charge is -2.34. The van der Waals surface area contributed by atoms with Crippen molar-refractivity contribution in [1.82, 2.24) is 10.2 Å². The highest BCUT2D eigenvalue weighted by atomic mass is 35.5. The molecule has 0 aliphatic heterocycles. The second kappa shape index (κ2) is 14.6. The molecule has 0 radical (unpaired) electrons. The number of rotatable bonds is 12. The molecule has 226 valence electrons. The zero-order valence-electron chi connectivity index (χ0n) is 24.3. The summed E-state index contributed by atoms with van der Waals surface area (Å²) in [6, 6.07) is 15.4. The summed E-state index contributed by atoms with van der Waals surface area (Å²) in [5.41, 5.74) is 2.30. The minimum Gasteiger partial charge on any atom is -0.354 e. The van der Waals surface area contributed by atoms with Gasteiger partial charge in [0.05, 0.1) is 20.6 Å². The van der Waals surface area contributed by atoms with Gasteiger partial charge in [0, 0.05) is 18.1 Å². The van der Waals surface area contributed by atoms with Crippen molar-refractivity contribution in [3.8, 4) is 0 Å². The van der Waals surface area contributed by atoms with Crippen LogP contribution < -0.4 is 9.62 Å². The maximum Gasteiger partial charge on any atom is 0.264 e. The Balaban J connectivity index is 2.10. The van der Waals surface area contributed by atoms with Crippen LogP contribution >= 0.6 is 34.8 Å². The summed E-state index contributed by atoms with van der Waals surface area (Å²) in [5, 5.41) is 3.92. The molecule has 0 fully saturated rings. The topological polar surface area (TPSA) is 86.8 Å². The van der Waals surface area contributed by atoms with Gasteiger partial charge in [-0.2, -0.15) is 0 Å². The highest BCUT2D eigenvalue weighted by Gasteiger charge is 2.34. The Bertz CT molecular complexity index is 1530. The Morgan fingerprint density at radius 2 is 1.57 bits per heavy atom. The number of nitrogens with one attached hydrogen (secondary N) is 1. The lowest BCUT2D eigenvalue weighted by atomic mass is 10.1. The number of nitrogens with zero attached hydrogens (tertiary/aromatic N) is 2. The maximum atomic E-state index is 14.2. The average Bonchev–Trinajstić information content (AvgIpc) is 2.94. The van der Waals surface area contributed by atoms with E-state index in [1.54, 1.807) is 62.4 Å². The fourth-order valence-corrected chi connectivity index (χ4v) is 6.36. The summed E-state index contributed by atoms with van der Waals surface area (Å²) >= 11 is 18.8. The van der Waals surface area contributed by atoms with Crippen LogP contribution in [0.25, 0.3) is 0 Å². The van der Waals surface area contributed by atoms with Crippen LogP contribution in [0.2, 0.25) is 15.1 Å². The molecule has 3 aromatic rings. The molecule has 0 aliphatic rings. The third-order valence-electron chi connectivity index (χ3n) is 6.80. The number of carbonyl (C=O) groups excluding carboxylic acids is 2. The van der Waals surface area contributed by atoms with Crippen molar-refractivity contribution in [2.45, 2.75) is 58.5 Å². The van der Waals surface area contributed by atoms with Crippen molar-refractivity contribution in [2.24, 2.45) is 5.92 Å². The zero-order valence-corrected chi connectivity index (χ0v) is 27.4. The first-order valence-corrected chi connectivity index (χ1v) is 16.2. The maximum absolute atomic E-state index is 14.2. The Morgan fingerprint density at radius 3 is 2.17 bits per heavy atom. The van der Waals surface area contributed by atoms with E-state index in [4.69, 9.17) is 34.8 Å². The lowest BCUT2D eigenvalue weighted by molar-refractivity contribution is -0.140. The van der Waals surface area contributed by atoms with Gasteiger partial charge in [-0.1, -0.05) is 85.4 Å². The van der Waals surface area contributed by atoms with Gasteiger partial charge in [-0.3, -0.25) is 13.9 Å². The molecule has 0 saturated heterocycles. The van der Waals surface area contributed by atoms with Crippen molar-refractivity contribution >= 4 is 62.3 Å². The third-order valence-corrected chi connectivity index (χ3v) is 9.73. The highest BCUT2D eigenvalue weighted by molar-refractivity contribution is 7.92. The summed E-state index contributed by atoms with van der Waals surface area (Å²) in [6.07, 6.45) is 0.303. The molecule has 42 heavy (non-hydrogen) atoms. The molecule has 1 N–H and O–H groups in total. The SMILES string of the molecule is CC[C@@H](C(=O)NCC(C)C)N(Cc1ccc(Cl)c(Cl)c1)C(=O)CN(c1cccc(Cl)c1C)S(=O)(=O)c1ccc(C)cc1. The number of carbonyl (C=O) groups is 2. The van der Waals surface area contributed by atoms with Crippen molar-refractivity contribution in [3.05, 3.63) is 92.4 Å². The molecule has 0 aromatic heterocycles. The Morgan fingerprint density at radius 1 is 0.905 bits per heavy atom. The predicted molar refractivity (Wildman–Crippen MR) is 171 cm³/mol. The van der Waals surface area contributed by atoms with E-state index in [-0.39, 0.29) is 29.0 Å².